The molecule has 4 fully saturated rings. The van der Waals surface area contributed by atoms with Crippen molar-refractivity contribution in [1.29, 1.82) is 0 Å². The molecule has 0 aromatic carbocycles. The first-order valence-corrected chi connectivity index (χ1v) is 8.67. The maximum atomic E-state index is 11.2. The zero-order chi connectivity index (χ0) is 14.1. The number of halogens is 1. The van der Waals surface area contributed by atoms with Crippen LogP contribution in [0.1, 0.15) is 19.8 Å². The zero-order valence-electron chi connectivity index (χ0n) is 11.7. The number of rotatable bonds is 5. The number of esters is 1. The molecule has 20 heavy (non-hydrogen) atoms. The molecule has 5 heteroatoms. The van der Waals surface area contributed by atoms with Gasteiger partial charge in [-0.05, 0) is 37.5 Å². The number of ether oxygens (including phenoxy) is 3. The second-order valence-electron chi connectivity index (χ2n) is 5.86. The fraction of sp³-hybridized carbons (Fsp3) is 0.800. The van der Waals surface area contributed by atoms with Crippen molar-refractivity contribution >= 4 is 28.6 Å². The van der Waals surface area contributed by atoms with E-state index in [9.17, 15) is 4.79 Å². The highest BCUT2D eigenvalue weighted by molar-refractivity contribution is 14.1. The Morgan fingerprint density at radius 1 is 1.35 bits per heavy atom. The van der Waals surface area contributed by atoms with E-state index in [0.717, 1.165) is 12.5 Å². The van der Waals surface area contributed by atoms with Gasteiger partial charge < -0.3 is 14.2 Å². The first-order valence-electron chi connectivity index (χ1n) is 7.43. The smallest absolute Gasteiger partial charge is 0.333 e. The van der Waals surface area contributed by atoms with Crippen LogP contribution < -0.4 is 0 Å². The summed E-state index contributed by atoms with van der Waals surface area (Å²) < 4.78 is 17.0. The molecule has 1 aliphatic heterocycles. The molecule has 0 N–H and O–H groups in total. The van der Waals surface area contributed by atoms with Crippen LogP contribution in [0, 0.1) is 23.7 Å². The van der Waals surface area contributed by atoms with Crippen LogP contribution in [0.5, 0.6) is 0 Å². The van der Waals surface area contributed by atoms with Gasteiger partial charge in [-0.3, -0.25) is 0 Å². The van der Waals surface area contributed by atoms with Crippen molar-refractivity contribution in [3.05, 3.63) is 12.3 Å². The monoisotopic (exact) mass is 392 g/mol. The van der Waals surface area contributed by atoms with Gasteiger partial charge in [0.25, 0.3) is 0 Å². The molecule has 0 spiro atoms. The fourth-order valence-corrected chi connectivity index (χ4v) is 5.76. The minimum Gasteiger partial charge on any atom is -0.501 e. The quantitative estimate of drug-likeness (QED) is 0.237. The lowest BCUT2D eigenvalue weighted by atomic mass is 9.59. The standard InChI is InChI=1S/C15H21IO4/c1-2-19-13(17)5-6-18-7-11-9-3-4-10-12(11)8-20-15(10)14(9)16/h5-6,9-12,14-15H,2-4,7-8H2,1H3/b6-5+. The summed E-state index contributed by atoms with van der Waals surface area (Å²) in [6.07, 6.45) is 5.93. The van der Waals surface area contributed by atoms with Gasteiger partial charge in [0.05, 0.1) is 38.3 Å². The molecule has 0 radical (unpaired) electrons. The fourth-order valence-electron chi connectivity index (χ4n) is 4.12. The molecule has 0 aromatic heterocycles. The van der Waals surface area contributed by atoms with E-state index in [1.165, 1.54) is 25.2 Å². The highest BCUT2D eigenvalue weighted by Gasteiger charge is 2.57. The summed E-state index contributed by atoms with van der Waals surface area (Å²) in [6, 6.07) is 0. The van der Waals surface area contributed by atoms with E-state index in [-0.39, 0.29) is 5.97 Å². The van der Waals surface area contributed by atoms with Crippen molar-refractivity contribution in [2.75, 3.05) is 19.8 Å². The molecule has 4 nitrogen and oxygen atoms in total. The van der Waals surface area contributed by atoms with Crippen molar-refractivity contribution < 1.29 is 19.0 Å². The van der Waals surface area contributed by atoms with E-state index in [1.807, 2.05) is 0 Å². The minimum atomic E-state index is -0.339. The SMILES string of the molecule is CCOC(=O)/C=C/OCC1C2CCC3C1COC3C2I. The lowest BCUT2D eigenvalue weighted by Gasteiger charge is -2.49. The number of carbonyl (C=O) groups is 1. The Labute approximate surface area is 133 Å². The van der Waals surface area contributed by atoms with Crippen molar-refractivity contribution in [1.82, 2.24) is 0 Å². The van der Waals surface area contributed by atoms with Gasteiger partial charge in [-0.1, -0.05) is 22.6 Å². The maximum Gasteiger partial charge on any atom is 0.333 e. The third-order valence-corrected chi connectivity index (χ3v) is 6.62. The summed E-state index contributed by atoms with van der Waals surface area (Å²) in [5.74, 6) is 2.31. The third-order valence-electron chi connectivity index (χ3n) is 4.98. The van der Waals surface area contributed by atoms with Gasteiger partial charge in [0.1, 0.15) is 0 Å². The average Bonchev–Trinajstić information content (AvgIpc) is 2.83. The Morgan fingerprint density at radius 3 is 2.95 bits per heavy atom. The zero-order valence-corrected chi connectivity index (χ0v) is 13.8. The Morgan fingerprint density at radius 2 is 2.15 bits per heavy atom. The molecule has 112 valence electrons. The number of carbonyl (C=O) groups excluding carboxylic acids is 1. The predicted octanol–water partition coefficient (Wildman–Crippen LogP) is 2.55. The minimum absolute atomic E-state index is 0.339. The molecule has 1 heterocycles. The molecule has 1 saturated heterocycles. The highest BCUT2D eigenvalue weighted by atomic mass is 127. The van der Waals surface area contributed by atoms with Crippen LogP contribution >= 0.6 is 22.6 Å². The average molecular weight is 392 g/mol. The summed E-state index contributed by atoms with van der Waals surface area (Å²) in [5.41, 5.74) is 0. The molecular formula is C15H21IO4. The van der Waals surface area contributed by atoms with E-state index < -0.39 is 0 Å². The first-order chi connectivity index (χ1) is 9.72. The van der Waals surface area contributed by atoms with E-state index in [4.69, 9.17) is 14.2 Å². The summed E-state index contributed by atoms with van der Waals surface area (Å²) in [4.78, 5) is 11.2. The van der Waals surface area contributed by atoms with Gasteiger partial charge in [-0.15, -0.1) is 0 Å². The predicted molar refractivity (Wildman–Crippen MR) is 82.5 cm³/mol. The molecule has 4 rings (SSSR count). The number of fused-ring (bicyclic) bond motifs is 1. The topological polar surface area (TPSA) is 44.8 Å². The number of hydrogen-bond acceptors (Lipinski definition) is 4. The summed E-state index contributed by atoms with van der Waals surface area (Å²) in [5, 5.41) is 0. The molecule has 0 aromatic rings. The molecule has 6 unspecified atom stereocenters. The molecule has 4 bridgehead atoms. The van der Waals surface area contributed by atoms with Crippen LogP contribution in [-0.2, 0) is 19.0 Å². The molecular weight excluding hydrogens is 371 g/mol. The summed E-state index contributed by atoms with van der Waals surface area (Å²) in [7, 11) is 0. The molecule has 0 amide bonds. The lowest BCUT2D eigenvalue weighted by molar-refractivity contribution is -0.137. The Bertz CT molecular complexity index is 397. The van der Waals surface area contributed by atoms with Gasteiger partial charge in [0.2, 0.25) is 0 Å². The van der Waals surface area contributed by atoms with Gasteiger partial charge in [-0.2, -0.15) is 0 Å². The molecule has 3 aliphatic carbocycles. The van der Waals surface area contributed by atoms with Crippen LogP contribution in [0.25, 0.3) is 0 Å². The van der Waals surface area contributed by atoms with E-state index in [2.05, 4.69) is 22.6 Å². The van der Waals surface area contributed by atoms with Gasteiger partial charge in [0, 0.05) is 9.84 Å². The number of alkyl halides is 1. The van der Waals surface area contributed by atoms with Crippen LogP contribution in [0.2, 0.25) is 0 Å². The second-order valence-corrected chi connectivity index (χ2v) is 7.30. The highest BCUT2D eigenvalue weighted by Crippen LogP contribution is 2.56. The summed E-state index contributed by atoms with van der Waals surface area (Å²) in [6.45, 7) is 3.77. The van der Waals surface area contributed by atoms with Crippen molar-refractivity contribution in [2.24, 2.45) is 23.7 Å². The van der Waals surface area contributed by atoms with Crippen molar-refractivity contribution in [3.8, 4) is 0 Å². The van der Waals surface area contributed by atoms with Crippen molar-refractivity contribution in [2.45, 2.75) is 29.8 Å². The molecule has 6 atom stereocenters. The van der Waals surface area contributed by atoms with Crippen LogP contribution in [-0.4, -0.2) is 35.8 Å². The molecule has 3 saturated carbocycles. The van der Waals surface area contributed by atoms with E-state index in [1.54, 1.807) is 6.92 Å². The van der Waals surface area contributed by atoms with Crippen LogP contribution in [0.15, 0.2) is 12.3 Å². The second kappa shape index (κ2) is 6.22. The maximum absolute atomic E-state index is 11.2. The first kappa shape index (κ1) is 14.6. The Hall–Kier alpha value is -0.300. The Kier molecular flexibility index (Phi) is 4.55. The normalized spacial score (nSPS) is 42.1. The molecule has 4 aliphatic rings. The van der Waals surface area contributed by atoms with E-state index >= 15 is 0 Å². The lowest BCUT2D eigenvalue weighted by Crippen LogP contribution is -2.51. The van der Waals surface area contributed by atoms with E-state index in [0.29, 0.717) is 41.0 Å². The van der Waals surface area contributed by atoms with Crippen LogP contribution in [0.3, 0.4) is 0 Å². The summed E-state index contributed by atoms with van der Waals surface area (Å²) >= 11 is 2.56. The number of hydrogen-bond donors (Lipinski definition) is 0. The van der Waals surface area contributed by atoms with Gasteiger partial charge in [-0.25, -0.2) is 4.79 Å². The third kappa shape index (κ3) is 2.58. The largest absolute Gasteiger partial charge is 0.501 e. The van der Waals surface area contributed by atoms with Crippen LogP contribution in [0.4, 0.5) is 0 Å². The Balaban J connectivity index is 1.54. The van der Waals surface area contributed by atoms with Gasteiger partial charge >= 0.3 is 5.97 Å². The van der Waals surface area contributed by atoms with Crippen molar-refractivity contribution in [3.63, 3.8) is 0 Å². The van der Waals surface area contributed by atoms with Gasteiger partial charge in [0.15, 0.2) is 0 Å².